The molecule has 0 saturated heterocycles. The molecule has 1 amide bonds. The molecule has 0 bridgehead atoms. The highest BCUT2D eigenvalue weighted by Crippen LogP contribution is 2.37. The number of carbonyl (C=O) groups excluding carboxylic acids is 1. The van der Waals surface area contributed by atoms with Gasteiger partial charge in [0.25, 0.3) is 5.91 Å². The van der Waals surface area contributed by atoms with E-state index >= 15 is 0 Å². The van der Waals surface area contributed by atoms with Crippen LogP contribution in [0.5, 0.6) is 5.75 Å². The number of rotatable bonds is 4. The van der Waals surface area contributed by atoms with Gasteiger partial charge in [-0.1, -0.05) is 46.8 Å². The van der Waals surface area contributed by atoms with E-state index in [0.717, 1.165) is 18.2 Å². The summed E-state index contributed by atoms with van der Waals surface area (Å²) in [4.78, 5) is 12.2. The van der Waals surface area contributed by atoms with Gasteiger partial charge in [0.15, 0.2) is 0 Å². The number of carbonyl (C=O) groups is 1. The molecule has 0 heterocycles. The molecule has 1 fully saturated rings. The summed E-state index contributed by atoms with van der Waals surface area (Å²) in [6.07, 6.45) is 5.95. The van der Waals surface area contributed by atoms with Crippen molar-refractivity contribution in [2.75, 3.05) is 11.9 Å². The molecule has 0 unspecified atom stereocenters. The van der Waals surface area contributed by atoms with Crippen LogP contribution in [0.2, 0.25) is 5.02 Å². The molecule has 0 radical (unpaired) electrons. The van der Waals surface area contributed by atoms with E-state index in [1.54, 1.807) is 6.07 Å². The van der Waals surface area contributed by atoms with Crippen LogP contribution in [0, 0.1) is 5.41 Å². The van der Waals surface area contributed by atoms with Crippen LogP contribution in [-0.4, -0.2) is 22.9 Å². The fourth-order valence-corrected chi connectivity index (χ4v) is 3.64. The lowest BCUT2D eigenvalue weighted by Gasteiger charge is -2.35. The molecule has 3 nitrogen and oxygen atoms in total. The number of hydrogen-bond donors (Lipinski definition) is 2. The lowest BCUT2D eigenvalue weighted by molar-refractivity contribution is 0.0919. The molecule has 5 heteroatoms. The fraction of sp³-hybridized carbons (Fsp3) is 0.533. The first-order valence-corrected chi connectivity index (χ1v) is 8.39. The molecule has 1 aliphatic rings. The molecule has 0 aromatic heterocycles. The van der Waals surface area contributed by atoms with Crippen molar-refractivity contribution < 1.29 is 9.90 Å². The van der Waals surface area contributed by atoms with Gasteiger partial charge < -0.3 is 10.4 Å². The van der Waals surface area contributed by atoms with Crippen LogP contribution in [0.25, 0.3) is 0 Å². The predicted molar refractivity (Wildman–Crippen MR) is 84.8 cm³/mol. The number of halogens is 2. The third-order valence-corrected chi connectivity index (χ3v) is 5.45. The van der Waals surface area contributed by atoms with E-state index in [2.05, 4.69) is 21.2 Å². The average molecular weight is 361 g/mol. The highest BCUT2D eigenvalue weighted by molar-refractivity contribution is 9.09. The molecule has 110 valence electrons. The van der Waals surface area contributed by atoms with E-state index in [4.69, 9.17) is 11.6 Å². The molecule has 20 heavy (non-hydrogen) atoms. The third kappa shape index (κ3) is 3.67. The molecule has 2 N–H and O–H groups in total. The first-order chi connectivity index (χ1) is 9.56. The van der Waals surface area contributed by atoms with Crippen LogP contribution >= 0.6 is 27.5 Å². The van der Waals surface area contributed by atoms with Crippen molar-refractivity contribution >= 4 is 33.4 Å². The van der Waals surface area contributed by atoms with Gasteiger partial charge in [0.2, 0.25) is 0 Å². The summed E-state index contributed by atoms with van der Waals surface area (Å²) < 4.78 is 0. The number of nitrogens with one attached hydrogen (secondary N) is 1. The van der Waals surface area contributed by atoms with Crippen LogP contribution in [-0.2, 0) is 0 Å². The number of amides is 1. The van der Waals surface area contributed by atoms with Crippen LogP contribution in [0.4, 0.5) is 0 Å². The van der Waals surface area contributed by atoms with Gasteiger partial charge in [0.05, 0.1) is 5.56 Å². The maximum absolute atomic E-state index is 12.2. The molecular formula is C15H19BrClNO2. The van der Waals surface area contributed by atoms with Gasteiger partial charge in [-0.05, 0) is 36.5 Å². The summed E-state index contributed by atoms with van der Waals surface area (Å²) in [5.41, 5.74) is 0.375. The van der Waals surface area contributed by atoms with Crippen molar-refractivity contribution in [1.29, 1.82) is 0 Å². The lowest BCUT2D eigenvalue weighted by atomic mass is 9.75. The molecule has 0 atom stereocenters. The first-order valence-electron chi connectivity index (χ1n) is 6.89. The molecule has 1 aromatic rings. The van der Waals surface area contributed by atoms with Crippen molar-refractivity contribution in [3.8, 4) is 5.75 Å². The monoisotopic (exact) mass is 359 g/mol. The molecule has 0 aliphatic heterocycles. The van der Waals surface area contributed by atoms with Gasteiger partial charge in [-0.25, -0.2) is 0 Å². The van der Waals surface area contributed by atoms with E-state index in [0.29, 0.717) is 11.6 Å². The lowest BCUT2D eigenvalue weighted by Crippen LogP contribution is -2.40. The zero-order valence-corrected chi connectivity index (χ0v) is 13.6. The summed E-state index contributed by atoms with van der Waals surface area (Å²) in [7, 11) is 0. The number of phenolic OH excluding ortho intramolecular Hbond substituents is 1. The van der Waals surface area contributed by atoms with Gasteiger partial charge in [-0.15, -0.1) is 0 Å². The second-order valence-corrected chi connectivity index (χ2v) is 6.54. The largest absolute Gasteiger partial charge is 0.507 e. The molecule has 0 spiro atoms. The van der Waals surface area contributed by atoms with Gasteiger partial charge in [-0.2, -0.15) is 0 Å². The second kappa shape index (κ2) is 6.81. The first kappa shape index (κ1) is 15.6. The minimum absolute atomic E-state index is 0.0385. The van der Waals surface area contributed by atoms with Crippen molar-refractivity contribution in [1.82, 2.24) is 5.32 Å². The highest BCUT2D eigenvalue weighted by atomic mass is 79.9. The Morgan fingerprint density at radius 3 is 2.70 bits per heavy atom. The van der Waals surface area contributed by atoms with Crippen molar-refractivity contribution in [3.05, 3.63) is 28.8 Å². The topological polar surface area (TPSA) is 49.3 Å². The van der Waals surface area contributed by atoms with Gasteiger partial charge in [-0.3, -0.25) is 4.79 Å². The van der Waals surface area contributed by atoms with Crippen molar-refractivity contribution in [3.63, 3.8) is 0 Å². The smallest absolute Gasteiger partial charge is 0.255 e. The predicted octanol–water partition coefficient (Wildman–Crippen LogP) is 4.12. The average Bonchev–Trinajstić information content (AvgIpc) is 2.48. The standard InChI is InChI=1S/C15H19BrClNO2/c16-9-15(6-2-1-3-7-15)10-18-14(20)12-8-11(17)4-5-13(12)19/h4-5,8,19H,1-3,6-7,9-10H2,(H,18,20). The summed E-state index contributed by atoms with van der Waals surface area (Å²) >= 11 is 9.44. The Kier molecular flexibility index (Phi) is 5.33. The van der Waals surface area contributed by atoms with E-state index < -0.39 is 0 Å². The quantitative estimate of drug-likeness (QED) is 0.794. The van der Waals surface area contributed by atoms with Gasteiger partial charge in [0, 0.05) is 16.9 Å². The van der Waals surface area contributed by atoms with E-state index in [-0.39, 0.29) is 22.6 Å². The highest BCUT2D eigenvalue weighted by Gasteiger charge is 2.31. The fourth-order valence-electron chi connectivity index (χ4n) is 2.71. The molecule has 2 rings (SSSR count). The number of benzene rings is 1. The normalized spacial score (nSPS) is 17.7. The van der Waals surface area contributed by atoms with Crippen LogP contribution < -0.4 is 5.32 Å². The summed E-state index contributed by atoms with van der Waals surface area (Å²) in [6, 6.07) is 4.50. The van der Waals surface area contributed by atoms with E-state index in [1.807, 2.05) is 0 Å². The Hall–Kier alpha value is -0.740. The maximum Gasteiger partial charge on any atom is 0.255 e. The Morgan fingerprint density at radius 1 is 1.35 bits per heavy atom. The number of alkyl halides is 1. The zero-order valence-electron chi connectivity index (χ0n) is 11.3. The number of aromatic hydroxyl groups is 1. The minimum atomic E-state index is -0.268. The Balaban J connectivity index is 2.02. The Bertz CT molecular complexity index is 487. The second-order valence-electron chi connectivity index (χ2n) is 5.54. The molecule has 1 saturated carbocycles. The van der Waals surface area contributed by atoms with E-state index in [9.17, 15) is 9.90 Å². The number of hydrogen-bond acceptors (Lipinski definition) is 2. The Morgan fingerprint density at radius 2 is 2.05 bits per heavy atom. The maximum atomic E-state index is 12.2. The van der Waals surface area contributed by atoms with Gasteiger partial charge in [0.1, 0.15) is 5.75 Å². The zero-order chi connectivity index (χ0) is 14.6. The summed E-state index contributed by atoms with van der Waals surface area (Å²) in [5, 5.41) is 14.0. The summed E-state index contributed by atoms with van der Waals surface area (Å²) in [6.45, 7) is 0.628. The van der Waals surface area contributed by atoms with Gasteiger partial charge >= 0.3 is 0 Å². The summed E-state index contributed by atoms with van der Waals surface area (Å²) in [5.74, 6) is -0.306. The molecular weight excluding hydrogens is 342 g/mol. The molecule has 1 aliphatic carbocycles. The molecule has 1 aromatic carbocycles. The minimum Gasteiger partial charge on any atom is -0.507 e. The van der Waals surface area contributed by atoms with E-state index in [1.165, 1.54) is 31.4 Å². The Labute approximate surface area is 132 Å². The van der Waals surface area contributed by atoms with Crippen LogP contribution in [0.3, 0.4) is 0 Å². The number of phenols is 1. The van der Waals surface area contributed by atoms with Crippen molar-refractivity contribution in [2.24, 2.45) is 5.41 Å². The van der Waals surface area contributed by atoms with Crippen LogP contribution in [0.1, 0.15) is 42.5 Å². The SMILES string of the molecule is O=C(NCC1(CBr)CCCCC1)c1cc(Cl)ccc1O. The van der Waals surface area contributed by atoms with Crippen LogP contribution in [0.15, 0.2) is 18.2 Å². The van der Waals surface area contributed by atoms with Crippen molar-refractivity contribution in [2.45, 2.75) is 32.1 Å². The third-order valence-electron chi connectivity index (χ3n) is 4.02.